The van der Waals surface area contributed by atoms with Crippen LogP contribution >= 0.6 is 0 Å². The minimum absolute atomic E-state index is 0.0129. The summed E-state index contributed by atoms with van der Waals surface area (Å²) in [4.78, 5) is 74.5. The molecule has 2 aromatic carbocycles. The van der Waals surface area contributed by atoms with Gasteiger partial charge in [-0.2, -0.15) is 0 Å². The van der Waals surface area contributed by atoms with Gasteiger partial charge in [0.25, 0.3) is 5.91 Å². The van der Waals surface area contributed by atoms with Crippen molar-refractivity contribution in [1.82, 2.24) is 10.3 Å². The van der Waals surface area contributed by atoms with Crippen LogP contribution in [-0.2, 0) is 26.2 Å². The molecule has 7 rings (SSSR count). The predicted molar refractivity (Wildman–Crippen MR) is 187 cm³/mol. The number of phenols is 2. The van der Waals surface area contributed by atoms with Crippen LogP contribution in [0.3, 0.4) is 0 Å². The number of ether oxygens (including phenoxy) is 3. The molecule has 8 atom stereocenters. The molecule has 0 spiro atoms. The van der Waals surface area contributed by atoms with E-state index in [1.54, 1.807) is 13.0 Å². The highest BCUT2D eigenvalue weighted by Crippen LogP contribution is 2.56. The molecule has 8 N–H and O–H groups in total. The number of nitrogens with one attached hydrogen (secondary N) is 2. The average molecular weight is 760 g/mol. The van der Waals surface area contributed by atoms with Gasteiger partial charge in [0.2, 0.25) is 17.3 Å². The number of carbonyl (C=O) groups is 5. The number of benzene rings is 2. The summed E-state index contributed by atoms with van der Waals surface area (Å²) in [6.45, 7) is 2.44. The van der Waals surface area contributed by atoms with Gasteiger partial charge in [0.1, 0.15) is 23.8 Å². The molecule has 17 nitrogen and oxygen atoms in total. The second kappa shape index (κ2) is 13.4. The lowest BCUT2D eigenvalue weighted by molar-refractivity contribution is -0.214. The minimum Gasteiger partial charge on any atom is -0.507 e. The van der Waals surface area contributed by atoms with Crippen molar-refractivity contribution in [2.45, 2.75) is 62.1 Å². The topological polar surface area (TPSA) is 271 Å². The van der Waals surface area contributed by atoms with E-state index in [0.717, 1.165) is 19.3 Å². The van der Waals surface area contributed by atoms with Gasteiger partial charge in [-0.1, -0.05) is 6.07 Å². The zero-order chi connectivity index (χ0) is 39.9. The van der Waals surface area contributed by atoms with Crippen LogP contribution in [0.5, 0.6) is 11.5 Å². The molecule has 17 heteroatoms. The van der Waals surface area contributed by atoms with Crippen LogP contribution in [0, 0.1) is 12.8 Å². The Hall–Kier alpha value is -5.40. The van der Waals surface area contributed by atoms with Crippen LogP contribution < -0.4 is 10.6 Å². The fraction of sp³-hybridized carbons (Fsp3) is 0.368. The number of hydrogen-bond donors (Lipinski definition) is 8. The monoisotopic (exact) mass is 759 g/mol. The molecule has 0 radical (unpaired) electrons. The van der Waals surface area contributed by atoms with Crippen molar-refractivity contribution < 1.29 is 68.8 Å². The van der Waals surface area contributed by atoms with Crippen LogP contribution in [0.1, 0.15) is 75.4 Å². The van der Waals surface area contributed by atoms with Crippen molar-refractivity contribution in [3.8, 4) is 11.5 Å². The molecule has 1 aromatic heterocycles. The number of aromatic nitrogens is 1. The van der Waals surface area contributed by atoms with Gasteiger partial charge >= 0.3 is 0 Å². The lowest BCUT2D eigenvalue weighted by Crippen LogP contribution is -2.73. The highest BCUT2D eigenvalue weighted by molar-refractivity contribution is 6.31. The second-order valence-corrected chi connectivity index (χ2v) is 13.9. The predicted octanol–water partition coefficient (Wildman–Crippen LogP) is 0.204. The Bertz CT molecular complexity index is 2220. The first-order valence-electron chi connectivity index (χ1n) is 17.2. The van der Waals surface area contributed by atoms with Crippen LogP contribution in [0.4, 0.5) is 5.69 Å². The number of rotatable bonds is 7. The van der Waals surface area contributed by atoms with Gasteiger partial charge in [-0.25, -0.2) is 0 Å². The van der Waals surface area contributed by atoms with E-state index in [9.17, 15) is 54.6 Å². The molecule has 1 saturated heterocycles. The van der Waals surface area contributed by atoms with E-state index in [2.05, 4.69) is 15.6 Å². The van der Waals surface area contributed by atoms with E-state index in [4.69, 9.17) is 14.2 Å². The maximum atomic E-state index is 14.8. The van der Waals surface area contributed by atoms with Gasteiger partial charge < -0.3 is 55.5 Å². The molecule has 3 aliphatic carbocycles. The molecule has 55 heavy (non-hydrogen) atoms. The van der Waals surface area contributed by atoms with Crippen molar-refractivity contribution in [1.29, 1.82) is 0 Å². The quantitative estimate of drug-likeness (QED) is 0.160. The smallest absolute Gasteiger partial charge is 0.259 e. The number of aliphatic hydroxyl groups is 4. The number of fused-ring (bicyclic) bond motifs is 5. The Morgan fingerprint density at radius 2 is 1.78 bits per heavy atom. The van der Waals surface area contributed by atoms with Crippen molar-refractivity contribution in [3.63, 3.8) is 0 Å². The third kappa shape index (κ3) is 5.19. The number of aromatic hydroxyl groups is 2. The summed E-state index contributed by atoms with van der Waals surface area (Å²) in [6, 6.07) is 5.27. The summed E-state index contributed by atoms with van der Waals surface area (Å²) in [5, 5.41) is 73.7. The lowest BCUT2D eigenvalue weighted by atomic mass is 9.56. The SMILES string of the molecule is CO[C@@H]1[C@@H](O)[C@@H](CO)[C@@H](NC2=CC(=O)c3c(cc4c(c3O)C(=O)[C@]3(OC)[C@H](O)Cc5cc(C)c(C(=O)Nc6cccnc6)c(O)c5[C@]3(O)C4=O)C2=O)O[C@H]1C. The number of aryl methyl sites for hydroxylation is 1. The molecule has 4 aliphatic rings. The van der Waals surface area contributed by atoms with Crippen molar-refractivity contribution in [2.24, 2.45) is 5.92 Å². The van der Waals surface area contributed by atoms with Crippen LogP contribution in [-0.4, -0.2) is 122 Å². The molecule has 2 heterocycles. The third-order valence-electron chi connectivity index (χ3n) is 11.0. The summed E-state index contributed by atoms with van der Waals surface area (Å²) in [6.07, 6.45) is -2.88. The number of phenolic OH excluding ortho intramolecular Hbond substituents is 2. The van der Waals surface area contributed by atoms with E-state index in [0.29, 0.717) is 0 Å². The summed E-state index contributed by atoms with van der Waals surface area (Å²) in [5.74, 6) is -8.64. The molecule has 1 amide bonds. The maximum absolute atomic E-state index is 14.8. The number of nitrogens with zero attached hydrogens (tertiary/aromatic N) is 1. The Labute approximate surface area is 312 Å². The normalized spacial score (nSPS) is 29.8. The number of ketones is 4. The lowest BCUT2D eigenvalue weighted by Gasteiger charge is -2.53. The number of amides is 1. The number of hydrogen-bond acceptors (Lipinski definition) is 16. The summed E-state index contributed by atoms with van der Waals surface area (Å²) in [5.41, 5.74) is -10.0. The first kappa shape index (κ1) is 37.9. The number of allylic oxidation sites excluding steroid dienone is 2. The van der Waals surface area contributed by atoms with E-state index in [1.807, 2.05) is 0 Å². The van der Waals surface area contributed by atoms with E-state index < -0.39 is 135 Å². The zero-order valence-corrected chi connectivity index (χ0v) is 29.8. The van der Waals surface area contributed by atoms with Crippen molar-refractivity contribution in [3.05, 3.63) is 92.9 Å². The minimum atomic E-state index is -3.27. The fourth-order valence-electron chi connectivity index (χ4n) is 8.45. The van der Waals surface area contributed by atoms with E-state index in [-0.39, 0.29) is 22.4 Å². The molecule has 1 aliphatic heterocycles. The van der Waals surface area contributed by atoms with Gasteiger partial charge in [0.05, 0.1) is 65.1 Å². The molecule has 1 fully saturated rings. The number of Topliss-reactive ketones (excluding diaryl/α,β-unsaturated/α-hetero) is 3. The third-order valence-corrected chi connectivity index (χ3v) is 11.0. The first-order valence-corrected chi connectivity index (χ1v) is 17.2. The Morgan fingerprint density at radius 1 is 1.05 bits per heavy atom. The Morgan fingerprint density at radius 3 is 2.42 bits per heavy atom. The molecular weight excluding hydrogens is 722 g/mol. The number of anilines is 1. The van der Waals surface area contributed by atoms with Crippen LogP contribution in [0.15, 0.2) is 48.4 Å². The van der Waals surface area contributed by atoms with Gasteiger partial charge in [-0.15, -0.1) is 0 Å². The zero-order valence-electron chi connectivity index (χ0n) is 29.8. The Kier molecular flexibility index (Phi) is 9.24. The van der Waals surface area contributed by atoms with Crippen LogP contribution in [0.2, 0.25) is 0 Å². The maximum Gasteiger partial charge on any atom is 0.259 e. The number of pyridine rings is 1. The van der Waals surface area contributed by atoms with Gasteiger partial charge in [0.15, 0.2) is 17.0 Å². The van der Waals surface area contributed by atoms with Crippen LogP contribution in [0.25, 0.3) is 0 Å². The summed E-state index contributed by atoms with van der Waals surface area (Å²) >= 11 is 0. The fourth-order valence-corrected chi connectivity index (χ4v) is 8.45. The van der Waals surface area contributed by atoms with Gasteiger partial charge in [-0.3, -0.25) is 29.0 Å². The highest BCUT2D eigenvalue weighted by Gasteiger charge is 2.72. The summed E-state index contributed by atoms with van der Waals surface area (Å²) < 4.78 is 16.7. The second-order valence-electron chi connectivity index (χ2n) is 13.9. The molecule has 288 valence electrons. The highest BCUT2D eigenvalue weighted by atomic mass is 16.6. The molecule has 0 bridgehead atoms. The summed E-state index contributed by atoms with van der Waals surface area (Å²) in [7, 11) is 2.26. The number of carbonyl (C=O) groups excluding carboxylic acids is 5. The molecule has 3 aromatic rings. The molecule has 0 saturated carbocycles. The first-order chi connectivity index (χ1) is 26.1. The number of aliphatic hydroxyl groups excluding tert-OH is 3. The van der Waals surface area contributed by atoms with Gasteiger partial charge in [0, 0.05) is 49.6 Å². The molecular formula is C38H37N3O14. The van der Waals surface area contributed by atoms with E-state index >= 15 is 0 Å². The standard InChI is InChI=1S/C38H37N3O14/c1-14-8-16-9-23(44)38(54-4)34(50)26-19(33(49)37(38,52)27(16)31(48)24(14)35(51)40-17-6-5-7-39-12-17)10-18-25(30(26)47)22(43)11-21(28(18)45)41-36-20(13-42)29(46)32(53-3)15(2)55-36/h5-8,10-12,15,20,23,29,32,36,41-42,44,46-48,52H,9,13H2,1-4H3,(H,40,51)/t15-,20+,23+,29-,32-,36-,37-,38+/m0/s1. The Balaban J connectivity index is 1.35. The largest absolute Gasteiger partial charge is 0.507 e. The molecule has 0 unspecified atom stereocenters. The van der Waals surface area contributed by atoms with Crippen molar-refractivity contribution >= 4 is 34.7 Å². The van der Waals surface area contributed by atoms with Gasteiger partial charge in [-0.05, 0) is 43.2 Å². The number of methoxy groups -OCH3 is 2. The average Bonchev–Trinajstić information content (AvgIpc) is 3.13. The van der Waals surface area contributed by atoms with E-state index in [1.165, 1.54) is 38.6 Å². The van der Waals surface area contributed by atoms with Crippen molar-refractivity contribution in [2.75, 3.05) is 26.1 Å².